The second-order valence-electron chi connectivity index (χ2n) is 3.57. The van der Waals surface area contributed by atoms with Gasteiger partial charge in [-0.25, -0.2) is 9.48 Å². The fourth-order valence-corrected chi connectivity index (χ4v) is 1.52. The van der Waals surface area contributed by atoms with Crippen molar-refractivity contribution in [1.29, 1.82) is 0 Å². The molecule has 5 heteroatoms. The SMILES string of the molecule is Cc1ccnn1-c1ccc(C(=O)C(=O)O)cc1. The predicted molar refractivity (Wildman–Crippen MR) is 60.3 cm³/mol. The molecule has 5 nitrogen and oxygen atoms in total. The van der Waals surface area contributed by atoms with E-state index in [9.17, 15) is 9.59 Å². The number of aliphatic carboxylic acids is 1. The maximum absolute atomic E-state index is 11.2. The van der Waals surface area contributed by atoms with Crippen LogP contribution in [0.25, 0.3) is 5.69 Å². The van der Waals surface area contributed by atoms with Gasteiger partial charge in [-0.3, -0.25) is 4.79 Å². The lowest BCUT2D eigenvalue weighted by Crippen LogP contribution is -2.12. The third-order valence-corrected chi connectivity index (χ3v) is 2.40. The molecule has 1 N–H and O–H groups in total. The Hall–Kier alpha value is -2.43. The molecule has 0 aliphatic carbocycles. The summed E-state index contributed by atoms with van der Waals surface area (Å²) < 4.78 is 1.70. The molecule has 0 saturated carbocycles. The molecule has 0 radical (unpaired) electrons. The number of carboxylic acid groups (broad SMARTS) is 1. The van der Waals surface area contributed by atoms with Gasteiger partial charge in [0.15, 0.2) is 0 Å². The Bertz CT molecular complexity index is 570. The lowest BCUT2D eigenvalue weighted by atomic mass is 10.1. The van der Waals surface area contributed by atoms with Crippen molar-refractivity contribution in [1.82, 2.24) is 9.78 Å². The number of rotatable bonds is 3. The van der Waals surface area contributed by atoms with E-state index in [-0.39, 0.29) is 5.56 Å². The van der Waals surface area contributed by atoms with Gasteiger partial charge in [-0.15, -0.1) is 0 Å². The Kier molecular flexibility index (Phi) is 2.74. The van der Waals surface area contributed by atoms with Gasteiger partial charge in [0, 0.05) is 17.5 Å². The van der Waals surface area contributed by atoms with Crippen LogP contribution in [0.1, 0.15) is 16.1 Å². The smallest absolute Gasteiger partial charge is 0.377 e. The average molecular weight is 230 g/mol. The first-order valence-electron chi connectivity index (χ1n) is 4.98. The third kappa shape index (κ3) is 2.08. The molecule has 86 valence electrons. The molecule has 1 aromatic heterocycles. The lowest BCUT2D eigenvalue weighted by Gasteiger charge is -2.04. The molecule has 2 rings (SSSR count). The summed E-state index contributed by atoms with van der Waals surface area (Å²) in [5, 5.41) is 12.7. The molecular formula is C12H10N2O3. The van der Waals surface area contributed by atoms with Crippen molar-refractivity contribution in [3.63, 3.8) is 0 Å². The Morgan fingerprint density at radius 3 is 2.29 bits per heavy atom. The van der Waals surface area contributed by atoms with E-state index in [1.165, 1.54) is 12.1 Å². The van der Waals surface area contributed by atoms with Gasteiger partial charge in [-0.2, -0.15) is 5.10 Å². The summed E-state index contributed by atoms with van der Waals surface area (Å²) >= 11 is 0. The van der Waals surface area contributed by atoms with E-state index in [2.05, 4.69) is 5.10 Å². The van der Waals surface area contributed by atoms with Crippen molar-refractivity contribution in [2.45, 2.75) is 6.92 Å². The van der Waals surface area contributed by atoms with Crippen LogP contribution in [0.2, 0.25) is 0 Å². The number of carbonyl (C=O) groups is 2. The standard InChI is InChI=1S/C12H10N2O3/c1-8-6-7-13-14(8)10-4-2-9(3-5-10)11(15)12(16)17/h2-7H,1H3,(H,16,17). The summed E-state index contributed by atoms with van der Waals surface area (Å²) in [5.41, 5.74) is 1.91. The van der Waals surface area contributed by atoms with Crippen molar-refractivity contribution in [3.05, 3.63) is 47.8 Å². The molecule has 1 aromatic carbocycles. The summed E-state index contributed by atoms with van der Waals surface area (Å²) in [6.07, 6.45) is 1.67. The van der Waals surface area contributed by atoms with Crippen molar-refractivity contribution in [2.75, 3.05) is 0 Å². The third-order valence-electron chi connectivity index (χ3n) is 2.40. The minimum absolute atomic E-state index is 0.158. The molecule has 0 aliphatic heterocycles. The van der Waals surface area contributed by atoms with E-state index in [0.717, 1.165) is 11.4 Å². The Morgan fingerprint density at radius 2 is 1.82 bits per heavy atom. The summed E-state index contributed by atoms with van der Waals surface area (Å²) in [7, 11) is 0. The molecule has 0 fully saturated rings. The summed E-state index contributed by atoms with van der Waals surface area (Å²) in [6, 6.07) is 8.14. The number of nitrogens with zero attached hydrogens (tertiary/aromatic N) is 2. The predicted octanol–water partition coefficient (Wildman–Crippen LogP) is 1.45. The minimum Gasteiger partial charge on any atom is -0.475 e. The topological polar surface area (TPSA) is 72.2 Å². The second-order valence-corrected chi connectivity index (χ2v) is 3.57. The molecule has 2 aromatic rings. The van der Waals surface area contributed by atoms with Crippen LogP contribution in [0.3, 0.4) is 0 Å². The highest BCUT2D eigenvalue weighted by atomic mass is 16.4. The Morgan fingerprint density at radius 1 is 1.18 bits per heavy atom. The van der Waals surface area contributed by atoms with Gasteiger partial charge in [-0.1, -0.05) is 0 Å². The molecule has 0 aliphatic rings. The molecule has 1 heterocycles. The molecule has 0 amide bonds. The van der Waals surface area contributed by atoms with Crippen LogP contribution in [-0.2, 0) is 4.79 Å². The van der Waals surface area contributed by atoms with Crippen LogP contribution >= 0.6 is 0 Å². The van der Waals surface area contributed by atoms with Crippen LogP contribution in [0.5, 0.6) is 0 Å². The molecule has 0 saturated heterocycles. The molecule has 17 heavy (non-hydrogen) atoms. The van der Waals surface area contributed by atoms with Gasteiger partial charge in [0.1, 0.15) is 0 Å². The second kappa shape index (κ2) is 4.21. The normalized spacial score (nSPS) is 10.2. The highest BCUT2D eigenvalue weighted by Gasteiger charge is 2.14. The van der Waals surface area contributed by atoms with E-state index < -0.39 is 11.8 Å². The zero-order valence-corrected chi connectivity index (χ0v) is 9.12. The van der Waals surface area contributed by atoms with Gasteiger partial charge in [0.2, 0.25) is 0 Å². The minimum atomic E-state index is -1.45. The zero-order valence-electron chi connectivity index (χ0n) is 9.12. The van der Waals surface area contributed by atoms with Gasteiger partial charge in [0.05, 0.1) is 5.69 Å². The maximum Gasteiger partial charge on any atom is 0.377 e. The first-order valence-corrected chi connectivity index (χ1v) is 4.98. The average Bonchev–Trinajstić information content (AvgIpc) is 2.74. The fraction of sp³-hybridized carbons (Fsp3) is 0.0833. The van der Waals surface area contributed by atoms with Gasteiger partial charge < -0.3 is 5.11 Å². The first-order chi connectivity index (χ1) is 8.09. The monoisotopic (exact) mass is 230 g/mol. The van der Waals surface area contributed by atoms with Crippen molar-refractivity contribution in [2.24, 2.45) is 0 Å². The molecular weight excluding hydrogens is 220 g/mol. The quantitative estimate of drug-likeness (QED) is 0.639. The summed E-state index contributed by atoms with van der Waals surface area (Å²) in [5.74, 6) is -2.36. The van der Waals surface area contributed by atoms with Crippen LogP contribution in [0.15, 0.2) is 36.5 Å². The fourth-order valence-electron chi connectivity index (χ4n) is 1.52. The van der Waals surface area contributed by atoms with Crippen molar-refractivity contribution in [3.8, 4) is 5.69 Å². The Labute approximate surface area is 97.3 Å². The molecule has 0 bridgehead atoms. The van der Waals surface area contributed by atoms with Crippen LogP contribution in [0, 0.1) is 6.92 Å². The highest BCUT2D eigenvalue weighted by molar-refractivity contribution is 6.39. The van der Waals surface area contributed by atoms with E-state index in [1.54, 1.807) is 23.0 Å². The zero-order chi connectivity index (χ0) is 12.4. The van der Waals surface area contributed by atoms with E-state index >= 15 is 0 Å². The first kappa shape index (κ1) is 11.1. The number of hydrogen-bond donors (Lipinski definition) is 1. The number of ketones is 1. The van der Waals surface area contributed by atoms with Crippen LogP contribution in [-0.4, -0.2) is 26.6 Å². The molecule has 0 unspecified atom stereocenters. The maximum atomic E-state index is 11.2. The highest BCUT2D eigenvalue weighted by Crippen LogP contribution is 2.11. The van der Waals surface area contributed by atoms with Gasteiger partial charge in [-0.05, 0) is 37.3 Å². The summed E-state index contributed by atoms with van der Waals surface area (Å²) in [4.78, 5) is 21.7. The number of benzene rings is 1. The van der Waals surface area contributed by atoms with Gasteiger partial charge in [0.25, 0.3) is 5.78 Å². The van der Waals surface area contributed by atoms with Crippen LogP contribution < -0.4 is 0 Å². The Balaban J connectivity index is 2.34. The van der Waals surface area contributed by atoms with E-state index in [0.29, 0.717) is 0 Å². The molecule has 0 atom stereocenters. The summed E-state index contributed by atoms with van der Waals surface area (Å²) in [6.45, 7) is 1.91. The van der Waals surface area contributed by atoms with Crippen LogP contribution in [0.4, 0.5) is 0 Å². The number of aryl methyl sites for hydroxylation is 1. The number of carbonyl (C=O) groups excluding carboxylic acids is 1. The molecule has 0 spiro atoms. The number of hydrogen-bond acceptors (Lipinski definition) is 3. The van der Waals surface area contributed by atoms with Crippen molar-refractivity contribution < 1.29 is 14.7 Å². The van der Waals surface area contributed by atoms with E-state index in [1.807, 2.05) is 13.0 Å². The van der Waals surface area contributed by atoms with Crippen molar-refractivity contribution >= 4 is 11.8 Å². The van der Waals surface area contributed by atoms with E-state index in [4.69, 9.17) is 5.11 Å². The van der Waals surface area contributed by atoms with Gasteiger partial charge >= 0.3 is 5.97 Å². The number of aromatic nitrogens is 2. The lowest BCUT2D eigenvalue weighted by molar-refractivity contribution is -0.131. The largest absolute Gasteiger partial charge is 0.475 e. The number of carboxylic acids is 1. The number of Topliss-reactive ketones (excluding diaryl/α,β-unsaturated/α-hetero) is 1.